The van der Waals surface area contributed by atoms with Gasteiger partial charge in [0.2, 0.25) is 0 Å². The number of hydrogen-bond acceptors (Lipinski definition) is 6. The highest BCUT2D eigenvalue weighted by Crippen LogP contribution is 2.22. The maximum absolute atomic E-state index is 5.69. The van der Waals surface area contributed by atoms with Crippen molar-refractivity contribution in [2.75, 3.05) is 13.1 Å². The van der Waals surface area contributed by atoms with Gasteiger partial charge in [-0.05, 0) is 44.5 Å². The molecule has 1 fully saturated rings. The van der Waals surface area contributed by atoms with Gasteiger partial charge in [-0.25, -0.2) is 0 Å². The molecule has 1 unspecified atom stereocenters. The number of furan rings is 1. The Morgan fingerprint density at radius 3 is 3.15 bits per heavy atom. The first kappa shape index (κ1) is 13.3. The van der Waals surface area contributed by atoms with Gasteiger partial charge in [0.1, 0.15) is 0 Å². The number of piperidine rings is 1. The summed E-state index contributed by atoms with van der Waals surface area (Å²) in [5, 5.41) is 4.04. The zero-order valence-electron chi connectivity index (χ0n) is 11.5. The van der Waals surface area contributed by atoms with Crippen LogP contribution in [0.25, 0.3) is 11.7 Å². The van der Waals surface area contributed by atoms with Crippen molar-refractivity contribution in [1.29, 1.82) is 0 Å². The Morgan fingerprint density at radius 1 is 1.40 bits per heavy atom. The minimum Gasteiger partial charge on any atom is -0.459 e. The molecule has 0 aromatic carbocycles. The van der Waals surface area contributed by atoms with E-state index < -0.39 is 0 Å². The fourth-order valence-corrected chi connectivity index (χ4v) is 2.79. The van der Waals surface area contributed by atoms with E-state index in [0.717, 1.165) is 26.1 Å². The SMILES string of the molecule is NCCC1CCCCN1Cc1noc(-c2ccco2)n1. The topological polar surface area (TPSA) is 81.3 Å². The second kappa shape index (κ2) is 6.19. The van der Waals surface area contributed by atoms with E-state index in [-0.39, 0.29) is 0 Å². The minimum absolute atomic E-state index is 0.442. The van der Waals surface area contributed by atoms with Crippen LogP contribution in [0.4, 0.5) is 0 Å². The van der Waals surface area contributed by atoms with Crippen molar-refractivity contribution in [3.8, 4) is 11.7 Å². The van der Waals surface area contributed by atoms with Crippen molar-refractivity contribution in [3.05, 3.63) is 24.2 Å². The molecule has 1 atom stereocenters. The Hall–Kier alpha value is -1.66. The first-order valence-corrected chi connectivity index (χ1v) is 7.17. The fourth-order valence-electron chi connectivity index (χ4n) is 2.79. The van der Waals surface area contributed by atoms with Crippen LogP contribution in [0.15, 0.2) is 27.3 Å². The Bertz CT molecular complexity index is 521. The van der Waals surface area contributed by atoms with E-state index >= 15 is 0 Å². The molecule has 0 bridgehead atoms. The average Bonchev–Trinajstić information content (AvgIpc) is 3.12. The lowest BCUT2D eigenvalue weighted by atomic mass is 9.99. The molecule has 1 aliphatic heterocycles. The van der Waals surface area contributed by atoms with Gasteiger partial charge in [-0.1, -0.05) is 11.6 Å². The number of likely N-dealkylation sites (tertiary alicyclic amines) is 1. The third-order valence-corrected chi connectivity index (χ3v) is 3.79. The molecule has 6 heteroatoms. The number of rotatable bonds is 5. The van der Waals surface area contributed by atoms with Crippen LogP contribution >= 0.6 is 0 Å². The summed E-state index contributed by atoms with van der Waals surface area (Å²) in [7, 11) is 0. The van der Waals surface area contributed by atoms with E-state index in [1.807, 2.05) is 6.07 Å². The molecule has 0 aliphatic carbocycles. The second-order valence-corrected chi connectivity index (χ2v) is 5.19. The maximum atomic E-state index is 5.69. The summed E-state index contributed by atoms with van der Waals surface area (Å²) in [5.41, 5.74) is 5.69. The van der Waals surface area contributed by atoms with E-state index in [1.54, 1.807) is 12.3 Å². The standard InChI is InChI=1S/C14H20N4O2/c15-7-6-11-4-1-2-8-18(11)10-13-16-14(20-17-13)12-5-3-9-19-12/h3,5,9,11H,1-2,4,6-8,10,15H2. The number of aromatic nitrogens is 2. The van der Waals surface area contributed by atoms with Gasteiger partial charge < -0.3 is 14.7 Å². The van der Waals surface area contributed by atoms with Crippen molar-refractivity contribution < 1.29 is 8.94 Å². The zero-order chi connectivity index (χ0) is 13.8. The summed E-state index contributed by atoms with van der Waals surface area (Å²) < 4.78 is 10.5. The van der Waals surface area contributed by atoms with Crippen LogP contribution in [0.2, 0.25) is 0 Å². The van der Waals surface area contributed by atoms with E-state index in [2.05, 4.69) is 15.0 Å². The summed E-state index contributed by atoms with van der Waals surface area (Å²) in [6.45, 7) is 2.52. The smallest absolute Gasteiger partial charge is 0.293 e. The molecule has 0 amide bonds. The van der Waals surface area contributed by atoms with Crippen LogP contribution in [0, 0.1) is 0 Å². The van der Waals surface area contributed by atoms with Crippen LogP contribution in [0.5, 0.6) is 0 Å². The van der Waals surface area contributed by atoms with Crippen molar-refractivity contribution in [3.63, 3.8) is 0 Å². The summed E-state index contributed by atoms with van der Waals surface area (Å²) in [4.78, 5) is 6.81. The van der Waals surface area contributed by atoms with E-state index in [0.29, 0.717) is 23.5 Å². The largest absolute Gasteiger partial charge is 0.459 e. The third kappa shape index (κ3) is 2.91. The molecular weight excluding hydrogens is 256 g/mol. The number of nitrogens with zero attached hydrogens (tertiary/aromatic N) is 3. The quantitative estimate of drug-likeness (QED) is 0.900. The van der Waals surface area contributed by atoms with Gasteiger partial charge in [0.05, 0.1) is 12.8 Å². The highest BCUT2D eigenvalue weighted by molar-refractivity contribution is 5.42. The van der Waals surface area contributed by atoms with Gasteiger partial charge in [-0.15, -0.1) is 0 Å². The zero-order valence-corrected chi connectivity index (χ0v) is 11.5. The summed E-state index contributed by atoms with van der Waals surface area (Å²) in [6, 6.07) is 4.16. The number of hydrogen-bond donors (Lipinski definition) is 1. The highest BCUT2D eigenvalue weighted by Gasteiger charge is 2.23. The predicted molar refractivity (Wildman–Crippen MR) is 73.7 cm³/mol. The highest BCUT2D eigenvalue weighted by atomic mass is 16.5. The van der Waals surface area contributed by atoms with Crippen LogP contribution in [-0.2, 0) is 6.54 Å². The monoisotopic (exact) mass is 276 g/mol. The Morgan fingerprint density at radius 2 is 2.35 bits per heavy atom. The Labute approximate surface area is 117 Å². The van der Waals surface area contributed by atoms with Gasteiger partial charge in [-0.2, -0.15) is 4.98 Å². The molecule has 1 aliphatic rings. The van der Waals surface area contributed by atoms with E-state index in [4.69, 9.17) is 14.7 Å². The first-order valence-electron chi connectivity index (χ1n) is 7.17. The van der Waals surface area contributed by atoms with Gasteiger partial charge in [0.25, 0.3) is 5.89 Å². The normalized spacial score (nSPS) is 20.4. The molecule has 2 aromatic rings. The Balaban J connectivity index is 1.67. The lowest BCUT2D eigenvalue weighted by Gasteiger charge is -2.34. The molecule has 3 heterocycles. The Kier molecular flexibility index (Phi) is 4.13. The number of nitrogens with two attached hydrogens (primary N) is 1. The van der Waals surface area contributed by atoms with Crippen molar-refractivity contribution >= 4 is 0 Å². The van der Waals surface area contributed by atoms with Crippen LogP contribution in [0.3, 0.4) is 0 Å². The maximum Gasteiger partial charge on any atom is 0.293 e. The van der Waals surface area contributed by atoms with Crippen LogP contribution in [-0.4, -0.2) is 34.2 Å². The van der Waals surface area contributed by atoms with Crippen LogP contribution < -0.4 is 5.73 Å². The van der Waals surface area contributed by atoms with E-state index in [1.165, 1.54) is 19.3 Å². The second-order valence-electron chi connectivity index (χ2n) is 5.19. The molecule has 1 saturated heterocycles. The van der Waals surface area contributed by atoms with Crippen molar-refractivity contribution in [1.82, 2.24) is 15.0 Å². The third-order valence-electron chi connectivity index (χ3n) is 3.79. The molecule has 3 rings (SSSR count). The summed E-state index contributed by atoms with van der Waals surface area (Å²) in [5.74, 6) is 1.76. The first-order chi connectivity index (χ1) is 9.86. The molecule has 2 aromatic heterocycles. The molecule has 0 radical (unpaired) electrons. The predicted octanol–water partition coefficient (Wildman–Crippen LogP) is 2.03. The summed E-state index contributed by atoms with van der Waals surface area (Å²) >= 11 is 0. The van der Waals surface area contributed by atoms with Crippen molar-refractivity contribution in [2.45, 2.75) is 38.3 Å². The lowest BCUT2D eigenvalue weighted by Crippen LogP contribution is -2.40. The lowest BCUT2D eigenvalue weighted by molar-refractivity contribution is 0.129. The minimum atomic E-state index is 0.442. The summed E-state index contributed by atoms with van der Waals surface area (Å²) in [6.07, 6.45) is 6.35. The molecule has 0 spiro atoms. The molecule has 6 nitrogen and oxygen atoms in total. The van der Waals surface area contributed by atoms with Crippen LogP contribution in [0.1, 0.15) is 31.5 Å². The van der Waals surface area contributed by atoms with E-state index in [9.17, 15) is 0 Å². The molecule has 2 N–H and O–H groups in total. The van der Waals surface area contributed by atoms with Gasteiger partial charge >= 0.3 is 0 Å². The molecular formula is C14H20N4O2. The van der Waals surface area contributed by atoms with Crippen molar-refractivity contribution in [2.24, 2.45) is 5.73 Å². The molecule has 0 saturated carbocycles. The van der Waals surface area contributed by atoms with Gasteiger partial charge in [-0.3, -0.25) is 4.90 Å². The van der Waals surface area contributed by atoms with Gasteiger partial charge in [0, 0.05) is 6.04 Å². The fraction of sp³-hybridized carbons (Fsp3) is 0.571. The average molecular weight is 276 g/mol. The molecule has 20 heavy (non-hydrogen) atoms. The van der Waals surface area contributed by atoms with Gasteiger partial charge in [0.15, 0.2) is 11.6 Å². The molecule has 108 valence electrons.